The molecule has 20 heavy (non-hydrogen) atoms. The van der Waals surface area contributed by atoms with Gasteiger partial charge in [-0.1, -0.05) is 0 Å². The van der Waals surface area contributed by atoms with E-state index < -0.39 is 12.1 Å². The molecule has 1 aromatic rings. The van der Waals surface area contributed by atoms with E-state index in [1.54, 1.807) is 14.2 Å². The Morgan fingerprint density at radius 3 is 2.90 bits per heavy atom. The first kappa shape index (κ1) is 14.6. The molecule has 1 unspecified atom stereocenters. The molecule has 1 aromatic carbocycles. The van der Waals surface area contributed by atoms with E-state index in [4.69, 9.17) is 19.3 Å². The topological polar surface area (TPSA) is 68.2 Å². The van der Waals surface area contributed by atoms with Crippen molar-refractivity contribution in [2.45, 2.75) is 12.6 Å². The van der Waals surface area contributed by atoms with Crippen LogP contribution in [0.4, 0.5) is 0 Å². The fourth-order valence-electron chi connectivity index (χ4n) is 2.24. The fraction of sp³-hybridized carbons (Fsp3) is 0.500. The lowest BCUT2D eigenvalue weighted by atomic mass is 10.1. The first-order valence-electron chi connectivity index (χ1n) is 6.41. The number of methoxy groups -OCH3 is 2. The second kappa shape index (κ2) is 6.58. The molecule has 0 saturated carbocycles. The Kier molecular flexibility index (Phi) is 4.81. The highest BCUT2D eigenvalue weighted by molar-refractivity contribution is 5.72. The van der Waals surface area contributed by atoms with Gasteiger partial charge in [-0.25, -0.2) is 4.79 Å². The van der Waals surface area contributed by atoms with Crippen LogP contribution in [-0.2, 0) is 16.1 Å². The van der Waals surface area contributed by atoms with Gasteiger partial charge in [-0.05, 0) is 18.2 Å². The molecule has 1 heterocycles. The number of morpholine rings is 1. The summed E-state index contributed by atoms with van der Waals surface area (Å²) in [6.45, 7) is 2.09. The summed E-state index contributed by atoms with van der Waals surface area (Å²) >= 11 is 0. The SMILES string of the molecule is COc1ccc(OC)c(CN2CCOC(C(=O)O)C2)c1. The third kappa shape index (κ3) is 3.40. The van der Waals surface area contributed by atoms with Gasteiger partial charge in [0.05, 0.1) is 20.8 Å². The number of nitrogens with zero attached hydrogens (tertiary/aromatic N) is 1. The van der Waals surface area contributed by atoms with Crippen LogP contribution < -0.4 is 9.47 Å². The average molecular weight is 281 g/mol. The van der Waals surface area contributed by atoms with Gasteiger partial charge in [-0.2, -0.15) is 0 Å². The van der Waals surface area contributed by atoms with Crippen LogP contribution in [0.2, 0.25) is 0 Å². The van der Waals surface area contributed by atoms with Crippen molar-refractivity contribution in [2.24, 2.45) is 0 Å². The van der Waals surface area contributed by atoms with Crippen LogP contribution in [-0.4, -0.2) is 56.0 Å². The summed E-state index contributed by atoms with van der Waals surface area (Å²) in [5.41, 5.74) is 0.970. The van der Waals surface area contributed by atoms with Crippen molar-refractivity contribution in [1.82, 2.24) is 4.90 Å². The second-order valence-electron chi connectivity index (χ2n) is 4.61. The maximum Gasteiger partial charge on any atom is 0.334 e. The molecule has 0 aromatic heterocycles. The van der Waals surface area contributed by atoms with Crippen molar-refractivity contribution in [3.63, 3.8) is 0 Å². The van der Waals surface area contributed by atoms with Gasteiger partial charge in [-0.3, -0.25) is 4.90 Å². The summed E-state index contributed by atoms with van der Waals surface area (Å²) < 4.78 is 15.8. The van der Waals surface area contributed by atoms with Gasteiger partial charge in [0.2, 0.25) is 0 Å². The van der Waals surface area contributed by atoms with E-state index in [0.717, 1.165) is 17.1 Å². The van der Waals surface area contributed by atoms with E-state index in [-0.39, 0.29) is 0 Å². The van der Waals surface area contributed by atoms with Gasteiger partial charge in [0, 0.05) is 25.2 Å². The minimum absolute atomic E-state index is 0.371. The van der Waals surface area contributed by atoms with E-state index in [2.05, 4.69) is 0 Å². The number of aliphatic carboxylic acids is 1. The fourth-order valence-corrected chi connectivity index (χ4v) is 2.24. The quantitative estimate of drug-likeness (QED) is 0.868. The zero-order valence-electron chi connectivity index (χ0n) is 11.7. The molecule has 1 aliphatic rings. The van der Waals surface area contributed by atoms with Crippen LogP contribution in [0.3, 0.4) is 0 Å². The monoisotopic (exact) mass is 281 g/mol. The van der Waals surface area contributed by atoms with Crippen LogP contribution in [0, 0.1) is 0 Å². The lowest BCUT2D eigenvalue weighted by molar-refractivity contribution is -0.156. The van der Waals surface area contributed by atoms with Crippen molar-refractivity contribution >= 4 is 5.97 Å². The molecule has 6 heteroatoms. The molecule has 0 bridgehead atoms. The van der Waals surface area contributed by atoms with E-state index in [1.807, 2.05) is 23.1 Å². The molecule has 0 radical (unpaired) electrons. The van der Waals surface area contributed by atoms with Gasteiger partial charge in [0.15, 0.2) is 6.10 Å². The van der Waals surface area contributed by atoms with E-state index in [0.29, 0.717) is 26.2 Å². The van der Waals surface area contributed by atoms with Crippen LogP contribution in [0.1, 0.15) is 5.56 Å². The highest BCUT2D eigenvalue weighted by Gasteiger charge is 2.26. The molecule has 2 rings (SSSR count). The summed E-state index contributed by atoms with van der Waals surface area (Å²) in [4.78, 5) is 13.0. The standard InChI is InChI=1S/C14H19NO5/c1-18-11-3-4-12(19-2)10(7-11)8-15-5-6-20-13(9-15)14(16)17/h3-4,7,13H,5-6,8-9H2,1-2H3,(H,16,17). The Balaban J connectivity index is 2.10. The maximum absolute atomic E-state index is 11.0. The number of hydrogen-bond donors (Lipinski definition) is 1. The summed E-state index contributed by atoms with van der Waals surface area (Å²) in [6.07, 6.45) is -0.764. The Labute approximate surface area is 117 Å². The van der Waals surface area contributed by atoms with Crippen molar-refractivity contribution in [1.29, 1.82) is 0 Å². The maximum atomic E-state index is 11.0. The van der Waals surface area contributed by atoms with Gasteiger partial charge < -0.3 is 19.3 Å². The smallest absolute Gasteiger partial charge is 0.334 e. The zero-order chi connectivity index (χ0) is 14.5. The Morgan fingerprint density at radius 1 is 1.45 bits per heavy atom. The van der Waals surface area contributed by atoms with Gasteiger partial charge >= 0.3 is 5.97 Å². The predicted molar refractivity (Wildman–Crippen MR) is 72.2 cm³/mol. The molecule has 1 saturated heterocycles. The van der Waals surface area contributed by atoms with Crippen LogP contribution in [0.25, 0.3) is 0 Å². The van der Waals surface area contributed by atoms with E-state index >= 15 is 0 Å². The zero-order valence-corrected chi connectivity index (χ0v) is 11.7. The largest absolute Gasteiger partial charge is 0.497 e. The summed E-state index contributed by atoms with van der Waals surface area (Å²) in [6, 6.07) is 5.59. The minimum Gasteiger partial charge on any atom is -0.497 e. The first-order valence-corrected chi connectivity index (χ1v) is 6.41. The van der Waals surface area contributed by atoms with E-state index in [9.17, 15) is 4.79 Å². The summed E-state index contributed by atoms with van der Waals surface area (Å²) in [5.74, 6) is 0.598. The Bertz CT molecular complexity index is 477. The van der Waals surface area contributed by atoms with Gasteiger partial charge in [0.25, 0.3) is 0 Å². The highest BCUT2D eigenvalue weighted by atomic mass is 16.5. The highest BCUT2D eigenvalue weighted by Crippen LogP contribution is 2.25. The molecule has 0 amide bonds. The number of hydrogen-bond acceptors (Lipinski definition) is 5. The third-order valence-corrected chi connectivity index (χ3v) is 3.31. The minimum atomic E-state index is -0.924. The van der Waals surface area contributed by atoms with Crippen molar-refractivity contribution in [2.75, 3.05) is 33.9 Å². The number of carbonyl (C=O) groups is 1. The normalized spacial score (nSPS) is 19.6. The average Bonchev–Trinajstić information content (AvgIpc) is 2.47. The van der Waals surface area contributed by atoms with Gasteiger partial charge in [0.1, 0.15) is 11.5 Å². The van der Waals surface area contributed by atoms with E-state index in [1.165, 1.54) is 0 Å². The van der Waals surface area contributed by atoms with Crippen molar-refractivity contribution < 1.29 is 24.1 Å². The number of carboxylic acid groups (broad SMARTS) is 1. The molecular weight excluding hydrogens is 262 g/mol. The Hall–Kier alpha value is -1.79. The van der Waals surface area contributed by atoms with Crippen LogP contribution in [0.5, 0.6) is 11.5 Å². The van der Waals surface area contributed by atoms with Crippen LogP contribution >= 0.6 is 0 Å². The third-order valence-electron chi connectivity index (χ3n) is 3.31. The number of ether oxygens (including phenoxy) is 3. The van der Waals surface area contributed by atoms with Crippen molar-refractivity contribution in [3.05, 3.63) is 23.8 Å². The number of rotatable bonds is 5. The summed E-state index contributed by atoms with van der Waals surface area (Å²) in [5, 5.41) is 9.01. The number of benzene rings is 1. The lowest BCUT2D eigenvalue weighted by Crippen LogP contribution is -2.45. The molecule has 1 aliphatic heterocycles. The molecule has 0 spiro atoms. The molecular formula is C14H19NO5. The van der Waals surface area contributed by atoms with Crippen LogP contribution in [0.15, 0.2) is 18.2 Å². The first-order chi connectivity index (χ1) is 9.63. The number of carboxylic acids is 1. The second-order valence-corrected chi connectivity index (χ2v) is 4.61. The lowest BCUT2D eigenvalue weighted by Gasteiger charge is -2.31. The molecule has 1 fully saturated rings. The molecule has 0 aliphatic carbocycles. The van der Waals surface area contributed by atoms with Gasteiger partial charge in [-0.15, -0.1) is 0 Å². The molecule has 1 atom stereocenters. The van der Waals surface area contributed by atoms with Crippen molar-refractivity contribution in [3.8, 4) is 11.5 Å². The Morgan fingerprint density at radius 2 is 2.25 bits per heavy atom. The predicted octanol–water partition coefficient (Wildman–Crippen LogP) is 0.989. The molecule has 110 valence electrons. The summed E-state index contributed by atoms with van der Waals surface area (Å²) in [7, 11) is 3.23. The molecule has 6 nitrogen and oxygen atoms in total. The molecule has 1 N–H and O–H groups in total.